The van der Waals surface area contributed by atoms with E-state index < -0.39 is 0 Å². The van der Waals surface area contributed by atoms with Crippen LogP contribution in [0, 0.1) is 0 Å². The van der Waals surface area contributed by atoms with Crippen molar-refractivity contribution in [1.82, 2.24) is 0 Å². The van der Waals surface area contributed by atoms with Gasteiger partial charge in [-0.2, -0.15) is 5.43 Å². The van der Waals surface area contributed by atoms with Gasteiger partial charge in [0.05, 0.1) is 6.54 Å². The van der Waals surface area contributed by atoms with E-state index in [0.717, 1.165) is 13.0 Å². The van der Waals surface area contributed by atoms with Crippen LogP contribution in [0.4, 0.5) is 0 Å². The summed E-state index contributed by atoms with van der Waals surface area (Å²) in [5.74, 6) is 0. The van der Waals surface area contributed by atoms with Crippen molar-refractivity contribution in [1.29, 1.82) is 0 Å². The molecule has 54 valence electrons. The molecule has 0 amide bonds. The third-order valence-corrected chi connectivity index (χ3v) is 1.26. The summed E-state index contributed by atoms with van der Waals surface area (Å²) in [6.45, 7) is 3.17. The second kappa shape index (κ2) is 3.88. The average molecular weight is 137 g/mol. The molecule has 0 saturated carbocycles. The molecular weight excluding hydrogens is 124 g/mol. The number of nitrogens with one attached hydrogen (secondary N) is 1. The number of nitrogens with zero attached hydrogens (tertiary/aromatic N) is 1. The van der Waals surface area contributed by atoms with Gasteiger partial charge in [-0.1, -0.05) is 17.7 Å². The molecule has 0 aromatic carbocycles. The van der Waals surface area contributed by atoms with Gasteiger partial charge >= 0.3 is 0 Å². The lowest BCUT2D eigenvalue weighted by Gasteiger charge is -1.94. The molecule has 1 aromatic heterocycles. The lowest BCUT2D eigenvalue weighted by atomic mass is 10.5. The molecule has 10 heavy (non-hydrogen) atoms. The van der Waals surface area contributed by atoms with Gasteiger partial charge in [-0.25, -0.2) is 0 Å². The molecule has 1 heterocycles. The van der Waals surface area contributed by atoms with Gasteiger partial charge in [0, 0.05) is 12.1 Å². The molecular formula is C8H13N2+. The Morgan fingerprint density at radius 1 is 1.20 bits per heavy atom. The van der Waals surface area contributed by atoms with Crippen molar-refractivity contribution in [3.05, 3.63) is 30.6 Å². The molecule has 1 rings (SSSR count). The van der Waals surface area contributed by atoms with E-state index in [1.807, 2.05) is 35.3 Å². The summed E-state index contributed by atoms with van der Waals surface area (Å²) in [7, 11) is 0. The van der Waals surface area contributed by atoms with E-state index in [9.17, 15) is 0 Å². The molecule has 0 spiro atoms. The van der Waals surface area contributed by atoms with Crippen LogP contribution in [0.15, 0.2) is 30.6 Å². The first-order chi connectivity index (χ1) is 4.93. The van der Waals surface area contributed by atoms with Crippen molar-refractivity contribution in [2.45, 2.75) is 13.3 Å². The zero-order valence-electron chi connectivity index (χ0n) is 6.25. The second-order valence-electron chi connectivity index (χ2n) is 2.19. The van der Waals surface area contributed by atoms with Crippen molar-refractivity contribution in [2.75, 3.05) is 12.0 Å². The first kappa shape index (κ1) is 7.06. The zero-order valence-corrected chi connectivity index (χ0v) is 6.25. The molecule has 0 radical (unpaired) electrons. The first-order valence-electron chi connectivity index (χ1n) is 3.63. The maximum absolute atomic E-state index is 3.21. The van der Waals surface area contributed by atoms with Gasteiger partial charge in [0.2, 0.25) is 0 Å². The topological polar surface area (TPSA) is 15.9 Å². The fourth-order valence-electron chi connectivity index (χ4n) is 0.745. The molecule has 0 fully saturated rings. The van der Waals surface area contributed by atoms with Gasteiger partial charge in [-0.05, 0) is 6.42 Å². The maximum atomic E-state index is 3.21. The summed E-state index contributed by atoms with van der Waals surface area (Å²) < 4.78 is 1.96. The van der Waals surface area contributed by atoms with Crippen LogP contribution in [0.3, 0.4) is 0 Å². The van der Waals surface area contributed by atoms with E-state index in [2.05, 4.69) is 12.3 Å². The predicted molar refractivity (Wildman–Crippen MR) is 41.2 cm³/mol. The van der Waals surface area contributed by atoms with Gasteiger partial charge in [0.1, 0.15) is 0 Å². The third-order valence-electron chi connectivity index (χ3n) is 1.26. The Bertz CT molecular complexity index is 172. The van der Waals surface area contributed by atoms with Crippen molar-refractivity contribution >= 4 is 0 Å². The minimum absolute atomic E-state index is 1.02. The van der Waals surface area contributed by atoms with Crippen molar-refractivity contribution in [3.8, 4) is 0 Å². The monoisotopic (exact) mass is 137 g/mol. The van der Waals surface area contributed by atoms with Crippen molar-refractivity contribution < 1.29 is 4.68 Å². The Morgan fingerprint density at radius 3 is 2.50 bits per heavy atom. The Hall–Kier alpha value is -1.05. The predicted octanol–water partition coefficient (Wildman–Crippen LogP) is 0.928. The van der Waals surface area contributed by atoms with E-state index in [4.69, 9.17) is 0 Å². The quantitative estimate of drug-likeness (QED) is 0.613. The molecule has 0 saturated heterocycles. The van der Waals surface area contributed by atoms with E-state index >= 15 is 0 Å². The number of hydrogen-bond acceptors (Lipinski definition) is 1. The van der Waals surface area contributed by atoms with E-state index in [0.29, 0.717) is 0 Å². The lowest BCUT2D eigenvalue weighted by molar-refractivity contribution is -0.650. The standard InChI is InChI=1S/C8H13N2/c1-2-6-9-10-7-4-3-5-8-10/h3-5,7-9H,2,6H2,1H3/q+1. The van der Waals surface area contributed by atoms with Gasteiger partial charge in [0.25, 0.3) is 0 Å². The Labute approximate surface area is 61.5 Å². The molecule has 0 aliphatic rings. The van der Waals surface area contributed by atoms with Gasteiger partial charge in [0.15, 0.2) is 12.4 Å². The molecule has 1 aromatic rings. The largest absolute Gasteiger partial charge is 0.199 e. The third kappa shape index (κ3) is 2.05. The summed E-state index contributed by atoms with van der Waals surface area (Å²) in [6, 6.07) is 6.01. The zero-order chi connectivity index (χ0) is 7.23. The molecule has 0 unspecified atom stereocenters. The van der Waals surface area contributed by atoms with Gasteiger partial charge < -0.3 is 0 Å². The molecule has 0 aliphatic carbocycles. The number of aromatic nitrogens is 1. The fraction of sp³-hybridized carbons (Fsp3) is 0.375. The molecule has 0 atom stereocenters. The van der Waals surface area contributed by atoms with Crippen LogP contribution in [-0.2, 0) is 0 Å². The smallest absolute Gasteiger partial charge is 0.193 e. The number of pyridine rings is 1. The van der Waals surface area contributed by atoms with Crippen LogP contribution < -0.4 is 10.1 Å². The highest BCUT2D eigenvalue weighted by molar-refractivity contribution is 4.83. The highest BCUT2D eigenvalue weighted by Crippen LogP contribution is 1.74. The van der Waals surface area contributed by atoms with Crippen LogP contribution in [0.25, 0.3) is 0 Å². The fourth-order valence-corrected chi connectivity index (χ4v) is 0.745. The minimum atomic E-state index is 1.02. The average Bonchev–Trinajstić information content (AvgIpc) is 2.03. The first-order valence-corrected chi connectivity index (χ1v) is 3.63. The van der Waals surface area contributed by atoms with E-state index in [1.54, 1.807) is 0 Å². The maximum Gasteiger partial charge on any atom is 0.199 e. The van der Waals surface area contributed by atoms with E-state index in [1.165, 1.54) is 0 Å². The highest BCUT2D eigenvalue weighted by atomic mass is 15.4. The SMILES string of the molecule is CCCN[n+]1ccccc1. The van der Waals surface area contributed by atoms with Crippen LogP contribution >= 0.6 is 0 Å². The molecule has 2 nitrogen and oxygen atoms in total. The lowest BCUT2D eigenvalue weighted by Crippen LogP contribution is -2.44. The Kier molecular flexibility index (Phi) is 2.74. The Balaban J connectivity index is 2.43. The van der Waals surface area contributed by atoms with Gasteiger partial charge in [-0.15, -0.1) is 0 Å². The van der Waals surface area contributed by atoms with Crippen LogP contribution in [0.2, 0.25) is 0 Å². The van der Waals surface area contributed by atoms with Crippen LogP contribution in [-0.4, -0.2) is 6.54 Å². The minimum Gasteiger partial charge on any atom is -0.193 e. The molecule has 1 N–H and O–H groups in total. The molecule has 0 bridgehead atoms. The van der Waals surface area contributed by atoms with Crippen molar-refractivity contribution in [2.24, 2.45) is 0 Å². The summed E-state index contributed by atoms with van der Waals surface area (Å²) in [6.07, 6.45) is 5.15. The summed E-state index contributed by atoms with van der Waals surface area (Å²) in [5, 5.41) is 0. The molecule has 0 aliphatic heterocycles. The van der Waals surface area contributed by atoms with Crippen molar-refractivity contribution in [3.63, 3.8) is 0 Å². The number of hydrogen-bond donors (Lipinski definition) is 1. The van der Waals surface area contributed by atoms with Crippen LogP contribution in [0.1, 0.15) is 13.3 Å². The highest BCUT2D eigenvalue weighted by Gasteiger charge is 1.91. The molecule has 2 heteroatoms. The Morgan fingerprint density at radius 2 is 1.90 bits per heavy atom. The second-order valence-corrected chi connectivity index (χ2v) is 2.19. The van der Waals surface area contributed by atoms with Crippen LogP contribution in [0.5, 0.6) is 0 Å². The van der Waals surface area contributed by atoms with E-state index in [-0.39, 0.29) is 0 Å². The summed E-state index contributed by atoms with van der Waals surface area (Å²) >= 11 is 0. The summed E-state index contributed by atoms with van der Waals surface area (Å²) in [5.41, 5.74) is 3.21. The number of rotatable bonds is 3. The van der Waals surface area contributed by atoms with Gasteiger partial charge in [-0.3, -0.25) is 0 Å². The normalized spacial score (nSPS) is 9.30. The summed E-state index contributed by atoms with van der Waals surface area (Å²) in [4.78, 5) is 0.